The third kappa shape index (κ3) is 1.80. The van der Waals surface area contributed by atoms with Gasteiger partial charge in [-0.2, -0.15) is 0 Å². The third-order valence-electron chi connectivity index (χ3n) is 1.83. The molecule has 0 unspecified atom stereocenters. The summed E-state index contributed by atoms with van der Waals surface area (Å²) in [5.74, 6) is 0.742. The molecule has 2 heterocycles. The molecule has 0 amide bonds. The third-order valence-corrected chi connectivity index (χ3v) is 1.83. The van der Waals surface area contributed by atoms with Crippen molar-refractivity contribution in [1.29, 1.82) is 0 Å². The van der Waals surface area contributed by atoms with Crippen LogP contribution in [-0.2, 0) is 6.54 Å². The van der Waals surface area contributed by atoms with Gasteiger partial charge in [0.25, 0.3) is 0 Å². The standard InChI is InChI=1S/C8H11N5O/c1-6(9)8-5-13(12-11-8)4-7-2-3-10-14-7/h2-3,5-6H,4,9H2,1H3/t6-/m0/s1. The average Bonchev–Trinajstić information content (AvgIpc) is 2.75. The second-order valence-corrected chi connectivity index (χ2v) is 3.11. The Labute approximate surface area is 80.7 Å². The van der Waals surface area contributed by atoms with E-state index >= 15 is 0 Å². The molecule has 0 aliphatic rings. The van der Waals surface area contributed by atoms with Crippen molar-refractivity contribution >= 4 is 0 Å². The molecule has 0 saturated heterocycles. The van der Waals surface area contributed by atoms with E-state index in [9.17, 15) is 0 Å². The van der Waals surface area contributed by atoms with Crippen molar-refractivity contribution in [2.45, 2.75) is 19.5 Å². The highest BCUT2D eigenvalue weighted by Crippen LogP contribution is 2.05. The molecule has 2 aromatic heterocycles. The first-order valence-corrected chi connectivity index (χ1v) is 4.31. The summed E-state index contributed by atoms with van der Waals surface area (Å²) in [6.07, 6.45) is 3.39. The average molecular weight is 193 g/mol. The molecule has 6 heteroatoms. The fraction of sp³-hybridized carbons (Fsp3) is 0.375. The maximum Gasteiger partial charge on any atom is 0.158 e. The van der Waals surface area contributed by atoms with E-state index in [4.69, 9.17) is 10.3 Å². The van der Waals surface area contributed by atoms with E-state index in [1.807, 2.05) is 6.92 Å². The van der Waals surface area contributed by atoms with Gasteiger partial charge in [0.05, 0.1) is 18.1 Å². The van der Waals surface area contributed by atoms with E-state index in [0.29, 0.717) is 6.54 Å². The summed E-state index contributed by atoms with van der Waals surface area (Å²) in [6.45, 7) is 2.39. The van der Waals surface area contributed by atoms with Crippen LogP contribution in [0.3, 0.4) is 0 Å². The van der Waals surface area contributed by atoms with Crippen LogP contribution < -0.4 is 5.73 Å². The minimum Gasteiger partial charge on any atom is -0.359 e. The Morgan fingerprint density at radius 3 is 3.07 bits per heavy atom. The Balaban J connectivity index is 2.11. The van der Waals surface area contributed by atoms with Crippen molar-refractivity contribution in [3.63, 3.8) is 0 Å². The highest BCUT2D eigenvalue weighted by Gasteiger charge is 2.06. The summed E-state index contributed by atoms with van der Waals surface area (Å²) in [6, 6.07) is 1.69. The zero-order valence-corrected chi connectivity index (χ0v) is 7.79. The lowest BCUT2D eigenvalue weighted by Crippen LogP contribution is -2.05. The number of aromatic nitrogens is 4. The van der Waals surface area contributed by atoms with E-state index in [1.54, 1.807) is 23.1 Å². The van der Waals surface area contributed by atoms with Crippen molar-refractivity contribution in [2.24, 2.45) is 5.73 Å². The maximum absolute atomic E-state index is 5.65. The lowest BCUT2D eigenvalue weighted by molar-refractivity contribution is 0.370. The fourth-order valence-electron chi connectivity index (χ4n) is 1.08. The second kappa shape index (κ2) is 3.59. The summed E-state index contributed by atoms with van der Waals surface area (Å²) in [5.41, 5.74) is 6.42. The van der Waals surface area contributed by atoms with Gasteiger partial charge in [-0.05, 0) is 6.92 Å². The summed E-state index contributed by atoms with van der Waals surface area (Å²) in [7, 11) is 0. The molecule has 6 nitrogen and oxygen atoms in total. The number of hydrogen-bond donors (Lipinski definition) is 1. The van der Waals surface area contributed by atoms with Crippen molar-refractivity contribution in [3.05, 3.63) is 29.9 Å². The highest BCUT2D eigenvalue weighted by molar-refractivity contribution is 5.00. The van der Waals surface area contributed by atoms with E-state index < -0.39 is 0 Å². The largest absolute Gasteiger partial charge is 0.359 e. The maximum atomic E-state index is 5.65. The van der Waals surface area contributed by atoms with Crippen LogP contribution >= 0.6 is 0 Å². The lowest BCUT2D eigenvalue weighted by atomic mass is 10.3. The van der Waals surface area contributed by atoms with Crippen LogP contribution in [0.5, 0.6) is 0 Å². The Kier molecular flexibility index (Phi) is 2.28. The molecule has 0 saturated carbocycles. The number of nitrogens with zero attached hydrogens (tertiary/aromatic N) is 4. The van der Waals surface area contributed by atoms with Gasteiger partial charge in [0.15, 0.2) is 5.76 Å². The molecule has 0 aliphatic heterocycles. The van der Waals surface area contributed by atoms with Gasteiger partial charge in [0.1, 0.15) is 6.54 Å². The predicted octanol–water partition coefficient (Wildman–Crippen LogP) is 0.334. The number of nitrogens with two attached hydrogens (primary N) is 1. The molecule has 1 atom stereocenters. The van der Waals surface area contributed by atoms with Crippen molar-refractivity contribution in [1.82, 2.24) is 20.2 Å². The molecule has 0 aromatic carbocycles. The van der Waals surface area contributed by atoms with Crippen LogP contribution in [0.1, 0.15) is 24.4 Å². The highest BCUT2D eigenvalue weighted by atomic mass is 16.5. The normalized spacial score (nSPS) is 13.0. The zero-order valence-electron chi connectivity index (χ0n) is 7.79. The lowest BCUT2D eigenvalue weighted by Gasteiger charge is -1.96. The topological polar surface area (TPSA) is 82.8 Å². The summed E-state index contributed by atoms with van der Waals surface area (Å²) >= 11 is 0. The van der Waals surface area contributed by atoms with E-state index in [-0.39, 0.29) is 6.04 Å². The van der Waals surface area contributed by atoms with Crippen molar-refractivity contribution in [2.75, 3.05) is 0 Å². The van der Waals surface area contributed by atoms with E-state index in [2.05, 4.69) is 15.5 Å². The first-order chi connectivity index (χ1) is 6.75. The van der Waals surface area contributed by atoms with Crippen LogP contribution in [-0.4, -0.2) is 20.2 Å². The summed E-state index contributed by atoms with van der Waals surface area (Å²) < 4.78 is 6.60. The summed E-state index contributed by atoms with van der Waals surface area (Å²) in [4.78, 5) is 0. The molecular formula is C8H11N5O. The van der Waals surface area contributed by atoms with Gasteiger partial charge in [-0.15, -0.1) is 5.10 Å². The minimum atomic E-state index is -0.0986. The SMILES string of the molecule is C[C@H](N)c1cn(Cc2ccno2)nn1. The molecule has 0 spiro atoms. The second-order valence-electron chi connectivity index (χ2n) is 3.11. The van der Waals surface area contributed by atoms with Gasteiger partial charge < -0.3 is 10.3 Å². The predicted molar refractivity (Wildman–Crippen MR) is 48.2 cm³/mol. The Hall–Kier alpha value is -1.69. The molecule has 2 aromatic rings. The van der Waals surface area contributed by atoms with E-state index in [0.717, 1.165) is 11.5 Å². The van der Waals surface area contributed by atoms with Crippen molar-refractivity contribution < 1.29 is 4.52 Å². The first kappa shape index (κ1) is 8.89. The quantitative estimate of drug-likeness (QED) is 0.759. The fourth-order valence-corrected chi connectivity index (χ4v) is 1.08. The number of rotatable bonds is 3. The van der Waals surface area contributed by atoms with Gasteiger partial charge >= 0.3 is 0 Å². The molecule has 14 heavy (non-hydrogen) atoms. The first-order valence-electron chi connectivity index (χ1n) is 4.31. The molecular weight excluding hydrogens is 182 g/mol. The van der Waals surface area contributed by atoms with Crippen LogP contribution in [0.2, 0.25) is 0 Å². The van der Waals surface area contributed by atoms with Crippen LogP contribution in [0.25, 0.3) is 0 Å². The molecule has 0 aliphatic carbocycles. The molecule has 0 radical (unpaired) electrons. The minimum absolute atomic E-state index is 0.0986. The van der Waals surface area contributed by atoms with Crippen LogP contribution in [0.15, 0.2) is 23.0 Å². The number of hydrogen-bond acceptors (Lipinski definition) is 5. The molecule has 0 fully saturated rings. The molecule has 2 N–H and O–H groups in total. The van der Waals surface area contributed by atoms with Gasteiger partial charge in [0, 0.05) is 12.1 Å². The monoisotopic (exact) mass is 193 g/mol. The summed E-state index contributed by atoms with van der Waals surface area (Å²) in [5, 5.41) is 11.4. The van der Waals surface area contributed by atoms with Crippen LogP contribution in [0.4, 0.5) is 0 Å². The zero-order chi connectivity index (χ0) is 9.97. The Morgan fingerprint density at radius 1 is 1.64 bits per heavy atom. The smallest absolute Gasteiger partial charge is 0.158 e. The van der Waals surface area contributed by atoms with Gasteiger partial charge in [0.2, 0.25) is 0 Å². The van der Waals surface area contributed by atoms with E-state index in [1.165, 1.54) is 0 Å². The molecule has 0 bridgehead atoms. The molecule has 2 rings (SSSR count). The van der Waals surface area contributed by atoms with Gasteiger partial charge in [-0.1, -0.05) is 10.4 Å². The Morgan fingerprint density at radius 2 is 2.50 bits per heavy atom. The van der Waals surface area contributed by atoms with Crippen molar-refractivity contribution in [3.8, 4) is 0 Å². The molecule has 74 valence electrons. The van der Waals surface area contributed by atoms with Crippen LogP contribution in [0, 0.1) is 0 Å². The Bertz CT molecular complexity index is 392. The van der Waals surface area contributed by atoms with Gasteiger partial charge in [-0.25, -0.2) is 4.68 Å². The van der Waals surface area contributed by atoms with Gasteiger partial charge in [-0.3, -0.25) is 0 Å².